The third kappa shape index (κ3) is 1.69. The predicted octanol–water partition coefficient (Wildman–Crippen LogP) is 2.27. The lowest BCUT2D eigenvalue weighted by atomic mass is 10.2. The Morgan fingerprint density at radius 1 is 1.26 bits per heavy atom. The van der Waals surface area contributed by atoms with Crippen LogP contribution < -0.4 is 5.73 Å². The highest BCUT2D eigenvalue weighted by Crippen LogP contribution is 2.43. The lowest BCUT2D eigenvalue weighted by Crippen LogP contribution is -2.02. The second-order valence-electron chi connectivity index (χ2n) is 5.14. The van der Waals surface area contributed by atoms with Gasteiger partial charge in [-0.1, -0.05) is 30.3 Å². The third-order valence-corrected chi connectivity index (χ3v) is 3.64. The molecule has 0 radical (unpaired) electrons. The zero-order valence-corrected chi connectivity index (χ0v) is 10.5. The lowest BCUT2D eigenvalue weighted by Gasteiger charge is -2.01. The van der Waals surface area contributed by atoms with E-state index in [1.807, 2.05) is 22.9 Å². The average Bonchev–Trinajstić information content (AvgIpc) is 3.11. The minimum Gasteiger partial charge on any atom is -0.383 e. The maximum absolute atomic E-state index is 5.98. The number of aromatic amines is 1. The highest BCUT2D eigenvalue weighted by Gasteiger charge is 2.31. The number of benzene rings is 1. The van der Waals surface area contributed by atoms with Gasteiger partial charge < -0.3 is 5.73 Å². The molecule has 0 spiro atoms. The molecular formula is C14H15N5. The second kappa shape index (κ2) is 3.85. The van der Waals surface area contributed by atoms with Crippen LogP contribution in [0.3, 0.4) is 0 Å². The summed E-state index contributed by atoms with van der Waals surface area (Å²) in [7, 11) is 0. The van der Waals surface area contributed by atoms with E-state index in [2.05, 4.69) is 22.3 Å². The van der Waals surface area contributed by atoms with E-state index in [4.69, 9.17) is 10.8 Å². The number of hydrogen-bond donors (Lipinski definition) is 2. The van der Waals surface area contributed by atoms with Gasteiger partial charge in [0.1, 0.15) is 5.82 Å². The molecule has 0 bridgehead atoms. The van der Waals surface area contributed by atoms with Crippen molar-refractivity contribution in [3.63, 3.8) is 0 Å². The van der Waals surface area contributed by atoms with E-state index in [-0.39, 0.29) is 0 Å². The number of nitrogens with one attached hydrogen (secondary N) is 1. The summed E-state index contributed by atoms with van der Waals surface area (Å²) in [6.45, 7) is 0.731. The molecule has 0 aliphatic heterocycles. The third-order valence-electron chi connectivity index (χ3n) is 3.64. The van der Waals surface area contributed by atoms with Gasteiger partial charge in [0.2, 0.25) is 0 Å². The number of fused-ring (bicyclic) bond motifs is 1. The maximum atomic E-state index is 5.98. The molecule has 1 aromatic carbocycles. The zero-order chi connectivity index (χ0) is 12.8. The number of H-pyrrole nitrogens is 1. The first-order valence-electron chi connectivity index (χ1n) is 6.57. The summed E-state index contributed by atoms with van der Waals surface area (Å²) >= 11 is 0. The molecule has 3 N–H and O–H groups in total. The van der Waals surface area contributed by atoms with E-state index in [9.17, 15) is 0 Å². The van der Waals surface area contributed by atoms with Gasteiger partial charge in [0.05, 0.1) is 17.6 Å². The molecule has 96 valence electrons. The summed E-state index contributed by atoms with van der Waals surface area (Å²) in [5, 5.41) is 12.9. The van der Waals surface area contributed by atoms with E-state index in [0.29, 0.717) is 11.7 Å². The summed E-state index contributed by atoms with van der Waals surface area (Å²) in [5.74, 6) is 1.20. The second-order valence-corrected chi connectivity index (χ2v) is 5.14. The first kappa shape index (κ1) is 10.6. The SMILES string of the molecule is Nc1[nH]nc2c1c(C1CC1)nn2Cc1ccccc1. The Bertz CT molecular complexity index is 721. The standard InChI is InChI=1S/C14H15N5/c15-13-11-12(10-6-7-10)18-19(14(11)17-16-13)8-9-4-2-1-3-5-9/h1-5,10H,6-8H2,(H3,15,16,17). The van der Waals surface area contributed by atoms with Crippen LogP contribution in [-0.4, -0.2) is 20.0 Å². The van der Waals surface area contributed by atoms with Crippen LogP contribution in [0.25, 0.3) is 11.0 Å². The Balaban J connectivity index is 1.81. The predicted molar refractivity (Wildman–Crippen MR) is 73.8 cm³/mol. The highest BCUT2D eigenvalue weighted by molar-refractivity contribution is 5.89. The number of hydrogen-bond acceptors (Lipinski definition) is 3. The molecular weight excluding hydrogens is 238 g/mol. The van der Waals surface area contributed by atoms with E-state index in [1.54, 1.807) is 0 Å². The van der Waals surface area contributed by atoms with Crippen LogP contribution in [0.4, 0.5) is 5.82 Å². The summed E-state index contributed by atoms with van der Waals surface area (Å²) in [5.41, 5.74) is 9.17. The molecule has 5 nitrogen and oxygen atoms in total. The molecule has 1 saturated carbocycles. The quantitative estimate of drug-likeness (QED) is 0.752. The van der Waals surface area contributed by atoms with Crippen molar-refractivity contribution in [2.45, 2.75) is 25.3 Å². The van der Waals surface area contributed by atoms with Gasteiger partial charge in [0.15, 0.2) is 5.65 Å². The first-order chi connectivity index (χ1) is 9.33. The van der Waals surface area contributed by atoms with Gasteiger partial charge in [-0.05, 0) is 18.4 Å². The molecule has 0 amide bonds. The molecule has 3 aromatic rings. The number of aromatic nitrogens is 4. The van der Waals surface area contributed by atoms with Crippen molar-refractivity contribution in [3.8, 4) is 0 Å². The van der Waals surface area contributed by atoms with Gasteiger partial charge in [0.25, 0.3) is 0 Å². The number of rotatable bonds is 3. The fourth-order valence-electron chi connectivity index (χ4n) is 2.52. The number of nitrogens with zero attached hydrogens (tertiary/aromatic N) is 3. The minimum absolute atomic E-state index is 0.569. The lowest BCUT2D eigenvalue weighted by molar-refractivity contribution is 0.683. The average molecular weight is 253 g/mol. The first-order valence-corrected chi connectivity index (χ1v) is 6.57. The van der Waals surface area contributed by atoms with Crippen molar-refractivity contribution in [2.24, 2.45) is 0 Å². The van der Waals surface area contributed by atoms with E-state index in [1.165, 1.54) is 18.4 Å². The summed E-state index contributed by atoms with van der Waals surface area (Å²) in [6, 6.07) is 10.3. The van der Waals surface area contributed by atoms with E-state index < -0.39 is 0 Å². The molecule has 0 unspecified atom stereocenters. The molecule has 1 aliphatic carbocycles. The van der Waals surface area contributed by atoms with Gasteiger partial charge in [-0.2, -0.15) is 10.2 Å². The van der Waals surface area contributed by atoms with Crippen molar-refractivity contribution < 1.29 is 0 Å². The molecule has 0 saturated heterocycles. The van der Waals surface area contributed by atoms with Crippen LogP contribution in [0.5, 0.6) is 0 Å². The van der Waals surface area contributed by atoms with Crippen molar-refractivity contribution in [1.82, 2.24) is 20.0 Å². The Morgan fingerprint density at radius 2 is 2.05 bits per heavy atom. The van der Waals surface area contributed by atoms with Crippen molar-refractivity contribution >= 4 is 16.9 Å². The van der Waals surface area contributed by atoms with Crippen molar-refractivity contribution in [1.29, 1.82) is 0 Å². The molecule has 2 heterocycles. The Morgan fingerprint density at radius 3 is 2.79 bits per heavy atom. The summed E-state index contributed by atoms with van der Waals surface area (Å²) < 4.78 is 1.95. The Hall–Kier alpha value is -2.30. The normalized spacial score (nSPS) is 15.2. The van der Waals surface area contributed by atoms with Crippen LogP contribution in [0.15, 0.2) is 30.3 Å². The van der Waals surface area contributed by atoms with Crippen molar-refractivity contribution in [2.75, 3.05) is 5.73 Å². The van der Waals surface area contributed by atoms with Gasteiger partial charge in [-0.25, -0.2) is 4.68 Å². The van der Waals surface area contributed by atoms with Crippen LogP contribution in [0.1, 0.15) is 30.0 Å². The smallest absolute Gasteiger partial charge is 0.182 e. The van der Waals surface area contributed by atoms with Crippen LogP contribution in [-0.2, 0) is 6.54 Å². The number of nitrogen functional groups attached to an aromatic ring is 1. The molecule has 0 atom stereocenters. The molecule has 2 aromatic heterocycles. The fourth-order valence-corrected chi connectivity index (χ4v) is 2.52. The topological polar surface area (TPSA) is 72.5 Å². The van der Waals surface area contributed by atoms with Crippen LogP contribution in [0.2, 0.25) is 0 Å². The number of nitrogens with two attached hydrogens (primary N) is 1. The molecule has 5 heteroatoms. The monoisotopic (exact) mass is 253 g/mol. The Labute approximate surface area is 110 Å². The molecule has 19 heavy (non-hydrogen) atoms. The van der Waals surface area contributed by atoms with Crippen LogP contribution >= 0.6 is 0 Å². The van der Waals surface area contributed by atoms with E-state index >= 15 is 0 Å². The zero-order valence-electron chi connectivity index (χ0n) is 10.5. The fraction of sp³-hybridized carbons (Fsp3) is 0.286. The maximum Gasteiger partial charge on any atom is 0.182 e. The van der Waals surface area contributed by atoms with Gasteiger partial charge in [-0.15, -0.1) is 0 Å². The highest BCUT2D eigenvalue weighted by atomic mass is 15.3. The summed E-state index contributed by atoms with van der Waals surface area (Å²) in [4.78, 5) is 0. The molecule has 4 rings (SSSR count). The Kier molecular flexibility index (Phi) is 2.15. The van der Waals surface area contributed by atoms with Crippen molar-refractivity contribution in [3.05, 3.63) is 41.6 Å². The van der Waals surface area contributed by atoms with Gasteiger partial charge >= 0.3 is 0 Å². The van der Waals surface area contributed by atoms with Gasteiger partial charge in [-0.3, -0.25) is 5.10 Å². The van der Waals surface area contributed by atoms with E-state index in [0.717, 1.165) is 23.3 Å². The molecule has 1 aliphatic rings. The largest absolute Gasteiger partial charge is 0.383 e. The summed E-state index contributed by atoms with van der Waals surface area (Å²) in [6.07, 6.45) is 2.42. The van der Waals surface area contributed by atoms with Crippen LogP contribution in [0, 0.1) is 0 Å². The number of anilines is 1. The van der Waals surface area contributed by atoms with Gasteiger partial charge in [0, 0.05) is 5.92 Å². The molecule has 1 fully saturated rings. The minimum atomic E-state index is 0.569.